The number of rotatable bonds is 7. The molecule has 3 rings (SSSR count). The number of methoxy groups -OCH3 is 1. The second kappa shape index (κ2) is 8.51. The topological polar surface area (TPSA) is 93.4 Å². The van der Waals surface area contributed by atoms with Gasteiger partial charge < -0.3 is 15.2 Å². The Kier molecular flexibility index (Phi) is 5.87. The molecule has 3 aromatic rings. The Labute approximate surface area is 164 Å². The maximum Gasteiger partial charge on any atom is 0.305 e. The molecule has 0 saturated carbocycles. The molecule has 7 nitrogen and oxygen atoms in total. The van der Waals surface area contributed by atoms with Gasteiger partial charge in [-0.15, -0.1) is 0 Å². The molecule has 0 bridgehead atoms. The van der Waals surface area contributed by atoms with Gasteiger partial charge >= 0.3 is 5.97 Å². The van der Waals surface area contributed by atoms with E-state index >= 15 is 0 Å². The van der Waals surface area contributed by atoms with Gasteiger partial charge in [-0.05, 0) is 29.8 Å². The molecule has 1 unspecified atom stereocenters. The minimum absolute atomic E-state index is 0.0871. The summed E-state index contributed by atoms with van der Waals surface area (Å²) in [6.07, 6.45) is -0.414. The number of nitrogens with one attached hydrogen (secondary N) is 1. The molecule has 9 heteroatoms. The summed E-state index contributed by atoms with van der Waals surface area (Å²) in [6.45, 7) is 0. The lowest BCUT2D eigenvalue weighted by Gasteiger charge is -2.16. The third-order valence-electron chi connectivity index (χ3n) is 4.16. The van der Waals surface area contributed by atoms with E-state index in [-0.39, 0.29) is 17.3 Å². The second-order valence-electron chi connectivity index (χ2n) is 6.11. The highest BCUT2D eigenvalue weighted by Crippen LogP contribution is 2.23. The third kappa shape index (κ3) is 4.57. The van der Waals surface area contributed by atoms with Gasteiger partial charge in [0.05, 0.1) is 19.6 Å². The van der Waals surface area contributed by atoms with E-state index in [4.69, 9.17) is 9.84 Å². The lowest BCUT2D eigenvalue weighted by atomic mass is 10.0. The summed E-state index contributed by atoms with van der Waals surface area (Å²) in [5.74, 6) is -2.75. The van der Waals surface area contributed by atoms with Gasteiger partial charge in [0.2, 0.25) is 5.88 Å². The zero-order chi connectivity index (χ0) is 21.0. The van der Waals surface area contributed by atoms with Crippen molar-refractivity contribution in [1.82, 2.24) is 15.1 Å². The molecule has 0 radical (unpaired) electrons. The van der Waals surface area contributed by atoms with Crippen molar-refractivity contribution in [2.75, 3.05) is 7.11 Å². The van der Waals surface area contributed by atoms with Gasteiger partial charge in [0, 0.05) is 6.07 Å². The van der Waals surface area contributed by atoms with Crippen LogP contribution < -0.4 is 10.1 Å². The Morgan fingerprint density at radius 3 is 2.48 bits per heavy atom. The number of ether oxygens (including phenoxy) is 1. The van der Waals surface area contributed by atoms with Crippen molar-refractivity contribution in [3.05, 3.63) is 77.5 Å². The van der Waals surface area contributed by atoms with E-state index in [1.165, 1.54) is 55.6 Å². The number of carboxylic acid groups (broad SMARTS) is 1. The van der Waals surface area contributed by atoms with E-state index in [9.17, 15) is 18.4 Å². The summed E-state index contributed by atoms with van der Waals surface area (Å²) in [4.78, 5) is 23.9. The van der Waals surface area contributed by atoms with Crippen LogP contribution in [0.25, 0.3) is 5.69 Å². The van der Waals surface area contributed by atoms with Crippen molar-refractivity contribution in [3.63, 3.8) is 0 Å². The molecule has 0 aliphatic carbocycles. The Morgan fingerprint density at radius 2 is 1.86 bits per heavy atom. The number of hydrogen-bond acceptors (Lipinski definition) is 4. The predicted molar refractivity (Wildman–Crippen MR) is 98.9 cm³/mol. The second-order valence-corrected chi connectivity index (χ2v) is 6.11. The first kappa shape index (κ1) is 20.0. The largest absolute Gasteiger partial charge is 0.481 e. The molecule has 0 saturated heterocycles. The zero-order valence-electron chi connectivity index (χ0n) is 15.3. The van der Waals surface area contributed by atoms with Gasteiger partial charge in [0.15, 0.2) is 5.69 Å². The molecular weight excluding hydrogens is 384 g/mol. The van der Waals surface area contributed by atoms with Gasteiger partial charge in [-0.1, -0.05) is 24.3 Å². The number of aliphatic carboxylic acids is 1. The molecule has 1 atom stereocenters. The van der Waals surface area contributed by atoms with Crippen molar-refractivity contribution in [3.8, 4) is 11.6 Å². The van der Waals surface area contributed by atoms with Crippen LogP contribution in [0.2, 0.25) is 0 Å². The zero-order valence-corrected chi connectivity index (χ0v) is 15.3. The van der Waals surface area contributed by atoms with Gasteiger partial charge in [-0.25, -0.2) is 8.78 Å². The maximum absolute atomic E-state index is 14.1. The van der Waals surface area contributed by atoms with Crippen molar-refractivity contribution < 1.29 is 28.2 Å². The molecule has 2 aromatic carbocycles. The average Bonchev–Trinajstić information content (AvgIpc) is 3.12. The van der Waals surface area contributed by atoms with Crippen LogP contribution in [0.1, 0.15) is 28.5 Å². The Hall–Kier alpha value is -3.75. The molecule has 0 aliphatic heterocycles. The number of carbonyl (C=O) groups is 2. The average molecular weight is 401 g/mol. The number of hydrogen-bond donors (Lipinski definition) is 2. The molecule has 1 heterocycles. The quantitative estimate of drug-likeness (QED) is 0.635. The first-order valence-corrected chi connectivity index (χ1v) is 8.56. The molecule has 1 amide bonds. The van der Waals surface area contributed by atoms with E-state index in [2.05, 4.69) is 10.4 Å². The Morgan fingerprint density at radius 1 is 1.17 bits per heavy atom. The highest BCUT2D eigenvalue weighted by molar-refractivity contribution is 5.93. The van der Waals surface area contributed by atoms with E-state index in [1.807, 2.05) is 0 Å². The van der Waals surface area contributed by atoms with Crippen LogP contribution in [0.5, 0.6) is 5.88 Å². The van der Waals surface area contributed by atoms with Crippen LogP contribution in [-0.4, -0.2) is 33.9 Å². The van der Waals surface area contributed by atoms with E-state index < -0.39 is 36.0 Å². The first-order valence-electron chi connectivity index (χ1n) is 8.56. The van der Waals surface area contributed by atoms with E-state index in [1.54, 1.807) is 6.07 Å². The van der Waals surface area contributed by atoms with Crippen LogP contribution >= 0.6 is 0 Å². The highest BCUT2D eigenvalue weighted by Gasteiger charge is 2.23. The molecular formula is C20H17F2N3O4. The summed E-state index contributed by atoms with van der Waals surface area (Å²) in [6, 6.07) is 11.4. The third-order valence-corrected chi connectivity index (χ3v) is 4.16. The molecule has 0 aliphatic rings. The number of halogens is 2. The first-order chi connectivity index (χ1) is 13.9. The number of para-hydroxylation sites is 1. The number of carboxylic acids is 1. The Bertz CT molecular complexity index is 1030. The number of amides is 1. The lowest BCUT2D eigenvalue weighted by Crippen LogP contribution is -2.30. The minimum Gasteiger partial charge on any atom is -0.481 e. The standard InChI is InChI=1S/C20H17F2N3O4/c1-29-18-10-16(24-25(18)17-5-3-2-4-14(17)22)20(28)23-15(11-19(26)27)12-6-8-13(21)9-7-12/h2-10,15H,11H2,1H3,(H,23,28)(H,26,27). The van der Waals surface area contributed by atoms with Crippen molar-refractivity contribution in [2.45, 2.75) is 12.5 Å². The van der Waals surface area contributed by atoms with E-state index in [0.717, 1.165) is 4.68 Å². The van der Waals surface area contributed by atoms with Gasteiger partial charge in [-0.3, -0.25) is 9.59 Å². The summed E-state index contributed by atoms with van der Waals surface area (Å²) in [5.41, 5.74) is 0.411. The number of benzene rings is 2. The fourth-order valence-corrected chi connectivity index (χ4v) is 2.77. The van der Waals surface area contributed by atoms with Gasteiger partial charge in [0.1, 0.15) is 17.3 Å². The molecule has 0 spiro atoms. The maximum atomic E-state index is 14.1. The van der Waals surface area contributed by atoms with Crippen LogP contribution in [0.4, 0.5) is 8.78 Å². The number of aromatic nitrogens is 2. The smallest absolute Gasteiger partial charge is 0.305 e. The molecule has 29 heavy (non-hydrogen) atoms. The van der Waals surface area contributed by atoms with Crippen molar-refractivity contribution >= 4 is 11.9 Å². The van der Waals surface area contributed by atoms with Crippen molar-refractivity contribution in [2.24, 2.45) is 0 Å². The minimum atomic E-state index is -1.14. The fourth-order valence-electron chi connectivity index (χ4n) is 2.77. The Balaban J connectivity index is 1.89. The predicted octanol–water partition coefficient (Wildman–Crippen LogP) is 3.10. The summed E-state index contributed by atoms with van der Waals surface area (Å²) in [7, 11) is 1.35. The number of carbonyl (C=O) groups excluding carboxylic acids is 1. The number of nitrogens with zero attached hydrogens (tertiary/aromatic N) is 2. The monoisotopic (exact) mass is 401 g/mol. The molecule has 1 aromatic heterocycles. The summed E-state index contributed by atoms with van der Waals surface area (Å²) < 4.78 is 33.6. The van der Waals surface area contributed by atoms with Crippen molar-refractivity contribution in [1.29, 1.82) is 0 Å². The van der Waals surface area contributed by atoms with Crippen LogP contribution in [-0.2, 0) is 4.79 Å². The fraction of sp³-hybridized carbons (Fsp3) is 0.150. The summed E-state index contributed by atoms with van der Waals surface area (Å²) in [5, 5.41) is 15.8. The van der Waals surface area contributed by atoms with E-state index in [0.29, 0.717) is 5.56 Å². The molecule has 0 fully saturated rings. The van der Waals surface area contributed by atoms with Gasteiger partial charge in [-0.2, -0.15) is 9.78 Å². The van der Waals surface area contributed by atoms with Crippen LogP contribution in [0.15, 0.2) is 54.6 Å². The molecule has 150 valence electrons. The molecule has 2 N–H and O–H groups in total. The SMILES string of the molecule is COc1cc(C(=O)NC(CC(=O)O)c2ccc(F)cc2)nn1-c1ccccc1F. The van der Waals surface area contributed by atoms with Crippen LogP contribution in [0, 0.1) is 11.6 Å². The van der Waals surface area contributed by atoms with Crippen LogP contribution in [0.3, 0.4) is 0 Å². The highest BCUT2D eigenvalue weighted by atomic mass is 19.1. The van der Waals surface area contributed by atoms with Gasteiger partial charge in [0.25, 0.3) is 5.91 Å². The normalized spacial score (nSPS) is 11.7. The summed E-state index contributed by atoms with van der Waals surface area (Å²) >= 11 is 0. The lowest BCUT2D eigenvalue weighted by molar-refractivity contribution is -0.137.